The number of fused-ring (bicyclic) bond motifs is 1. The van der Waals surface area contributed by atoms with Gasteiger partial charge in [-0.1, -0.05) is 15.9 Å². The summed E-state index contributed by atoms with van der Waals surface area (Å²) in [6, 6.07) is 6.85. The van der Waals surface area contributed by atoms with E-state index in [9.17, 15) is 20.0 Å². The highest BCUT2D eigenvalue weighted by Crippen LogP contribution is 2.33. The molecular formula is C20H17BrN2O4. The normalized spacial score (nSPS) is 11.1. The van der Waals surface area contributed by atoms with E-state index < -0.39 is 23.3 Å². The first-order valence-corrected chi connectivity index (χ1v) is 9.09. The Balaban J connectivity index is 2.33. The SMILES string of the molecule is Cc1c(C(=O)c2oc3cc(Br)ccc3c2C)c(O)n(C(C)C)c(=O)c1C#N. The minimum absolute atomic E-state index is 0.0688. The molecule has 1 aromatic carbocycles. The zero-order valence-electron chi connectivity index (χ0n) is 15.3. The summed E-state index contributed by atoms with van der Waals surface area (Å²) in [5.74, 6) is -0.961. The Morgan fingerprint density at radius 1 is 1.30 bits per heavy atom. The highest BCUT2D eigenvalue weighted by atomic mass is 79.9. The number of hydrogen-bond acceptors (Lipinski definition) is 5. The summed E-state index contributed by atoms with van der Waals surface area (Å²) < 4.78 is 7.61. The molecule has 0 fully saturated rings. The van der Waals surface area contributed by atoms with Gasteiger partial charge in [-0.25, -0.2) is 0 Å². The van der Waals surface area contributed by atoms with Crippen LogP contribution in [0.5, 0.6) is 5.88 Å². The molecule has 0 atom stereocenters. The molecule has 2 aromatic heterocycles. The van der Waals surface area contributed by atoms with Crippen LogP contribution in [-0.4, -0.2) is 15.5 Å². The lowest BCUT2D eigenvalue weighted by Gasteiger charge is -2.17. The van der Waals surface area contributed by atoms with Gasteiger partial charge in [-0.3, -0.25) is 14.2 Å². The second kappa shape index (κ2) is 6.71. The minimum atomic E-state index is -0.621. The van der Waals surface area contributed by atoms with Crippen molar-refractivity contribution in [2.45, 2.75) is 33.7 Å². The Kier molecular flexibility index (Phi) is 4.70. The predicted octanol–water partition coefficient (Wildman–Crippen LogP) is 4.36. The fraction of sp³-hybridized carbons (Fsp3) is 0.250. The van der Waals surface area contributed by atoms with E-state index in [0.29, 0.717) is 11.1 Å². The van der Waals surface area contributed by atoms with Gasteiger partial charge in [0.1, 0.15) is 17.2 Å². The first-order valence-electron chi connectivity index (χ1n) is 8.30. The number of carbonyl (C=O) groups excluding carboxylic acids is 1. The number of aromatic nitrogens is 1. The van der Waals surface area contributed by atoms with Crippen LogP contribution < -0.4 is 5.56 Å². The van der Waals surface area contributed by atoms with Gasteiger partial charge in [0.2, 0.25) is 11.7 Å². The van der Waals surface area contributed by atoms with E-state index in [-0.39, 0.29) is 22.5 Å². The van der Waals surface area contributed by atoms with E-state index in [4.69, 9.17) is 4.42 Å². The Morgan fingerprint density at radius 3 is 2.56 bits per heavy atom. The topological polar surface area (TPSA) is 96.2 Å². The molecule has 0 unspecified atom stereocenters. The molecule has 2 heterocycles. The number of carbonyl (C=O) groups is 1. The van der Waals surface area contributed by atoms with Crippen LogP contribution in [0.15, 0.2) is 31.9 Å². The standard InChI is InChI=1S/C20H17BrN2O4/c1-9(2)23-19(25)14(8-22)10(3)16(20(23)26)17(24)18-11(4)13-6-5-12(21)7-15(13)27-18/h5-7,9,26H,1-4H3. The molecule has 0 spiro atoms. The van der Waals surface area contributed by atoms with E-state index in [1.54, 1.807) is 26.8 Å². The fourth-order valence-corrected chi connectivity index (χ4v) is 3.54. The summed E-state index contributed by atoms with van der Waals surface area (Å²) in [5.41, 5.74) is 0.414. The van der Waals surface area contributed by atoms with Gasteiger partial charge in [-0.2, -0.15) is 5.26 Å². The Morgan fingerprint density at radius 2 is 1.96 bits per heavy atom. The van der Waals surface area contributed by atoms with Crippen molar-refractivity contribution in [3.05, 3.63) is 61.0 Å². The van der Waals surface area contributed by atoms with Crippen LogP contribution in [0.1, 0.15) is 52.7 Å². The number of aromatic hydroxyl groups is 1. The van der Waals surface area contributed by atoms with Gasteiger partial charge in [-0.05, 0) is 51.5 Å². The predicted molar refractivity (Wildman–Crippen MR) is 104 cm³/mol. The maximum absolute atomic E-state index is 13.2. The van der Waals surface area contributed by atoms with Gasteiger partial charge in [0.05, 0.1) is 5.56 Å². The van der Waals surface area contributed by atoms with Crippen molar-refractivity contribution < 1.29 is 14.3 Å². The highest BCUT2D eigenvalue weighted by Gasteiger charge is 2.29. The molecule has 0 saturated carbocycles. The van der Waals surface area contributed by atoms with Crippen molar-refractivity contribution in [1.82, 2.24) is 4.57 Å². The van der Waals surface area contributed by atoms with Gasteiger partial charge >= 0.3 is 0 Å². The number of hydrogen-bond donors (Lipinski definition) is 1. The number of rotatable bonds is 3. The number of nitrogens with zero attached hydrogens (tertiary/aromatic N) is 2. The molecule has 0 aliphatic carbocycles. The number of halogens is 1. The molecule has 7 heteroatoms. The van der Waals surface area contributed by atoms with Crippen LogP contribution in [0.3, 0.4) is 0 Å². The molecule has 0 radical (unpaired) electrons. The number of aryl methyl sites for hydroxylation is 1. The lowest BCUT2D eigenvalue weighted by atomic mass is 9.98. The molecule has 138 valence electrons. The largest absolute Gasteiger partial charge is 0.494 e. The second-order valence-electron chi connectivity index (χ2n) is 6.61. The van der Waals surface area contributed by atoms with E-state index in [0.717, 1.165) is 14.4 Å². The Bertz CT molecular complexity index is 1200. The maximum atomic E-state index is 13.2. The molecule has 6 nitrogen and oxygen atoms in total. The maximum Gasteiger partial charge on any atom is 0.271 e. The molecule has 3 aromatic rings. The molecule has 0 saturated heterocycles. The third kappa shape index (κ3) is 2.86. The lowest BCUT2D eigenvalue weighted by molar-refractivity contribution is 0.100. The lowest BCUT2D eigenvalue weighted by Crippen LogP contribution is -2.28. The quantitative estimate of drug-likeness (QED) is 0.624. The van der Waals surface area contributed by atoms with E-state index in [1.165, 1.54) is 6.92 Å². The average Bonchev–Trinajstić information content (AvgIpc) is 2.90. The zero-order valence-corrected chi connectivity index (χ0v) is 16.8. The van der Waals surface area contributed by atoms with E-state index in [2.05, 4.69) is 15.9 Å². The molecule has 0 bridgehead atoms. The average molecular weight is 429 g/mol. The van der Waals surface area contributed by atoms with E-state index in [1.807, 2.05) is 18.2 Å². The van der Waals surface area contributed by atoms with Crippen molar-refractivity contribution in [2.75, 3.05) is 0 Å². The Hall–Kier alpha value is -2.85. The van der Waals surface area contributed by atoms with Gasteiger partial charge in [0.15, 0.2) is 5.76 Å². The Labute approximate surface area is 163 Å². The first-order chi connectivity index (χ1) is 12.7. The third-order valence-electron chi connectivity index (χ3n) is 4.60. The second-order valence-corrected chi connectivity index (χ2v) is 7.52. The highest BCUT2D eigenvalue weighted by molar-refractivity contribution is 9.10. The fourth-order valence-electron chi connectivity index (χ4n) is 3.20. The molecule has 27 heavy (non-hydrogen) atoms. The van der Waals surface area contributed by atoms with Crippen molar-refractivity contribution in [2.24, 2.45) is 0 Å². The molecule has 3 rings (SSSR count). The van der Waals surface area contributed by atoms with Crippen molar-refractivity contribution >= 4 is 32.7 Å². The van der Waals surface area contributed by atoms with Gasteiger partial charge in [0, 0.05) is 21.5 Å². The smallest absolute Gasteiger partial charge is 0.271 e. The third-order valence-corrected chi connectivity index (χ3v) is 5.09. The summed E-state index contributed by atoms with van der Waals surface area (Å²) in [6.07, 6.45) is 0. The molecule has 0 aliphatic heterocycles. The van der Waals surface area contributed by atoms with Crippen LogP contribution in [0.4, 0.5) is 0 Å². The van der Waals surface area contributed by atoms with Gasteiger partial charge in [0.25, 0.3) is 5.56 Å². The van der Waals surface area contributed by atoms with Crippen LogP contribution in [0.2, 0.25) is 0 Å². The summed E-state index contributed by atoms with van der Waals surface area (Å²) >= 11 is 3.36. The molecule has 0 amide bonds. The monoisotopic (exact) mass is 428 g/mol. The van der Waals surface area contributed by atoms with E-state index >= 15 is 0 Å². The number of ketones is 1. The van der Waals surface area contributed by atoms with Crippen molar-refractivity contribution in [3.63, 3.8) is 0 Å². The van der Waals surface area contributed by atoms with Crippen LogP contribution in [0, 0.1) is 25.2 Å². The van der Waals surface area contributed by atoms with Crippen LogP contribution in [0.25, 0.3) is 11.0 Å². The summed E-state index contributed by atoms with van der Waals surface area (Å²) in [6.45, 7) is 6.61. The summed E-state index contributed by atoms with van der Waals surface area (Å²) in [5, 5.41) is 20.8. The van der Waals surface area contributed by atoms with Crippen LogP contribution >= 0.6 is 15.9 Å². The minimum Gasteiger partial charge on any atom is -0.494 e. The number of nitriles is 1. The van der Waals surface area contributed by atoms with Crippen molar-refractivity contribution in [1.29, 1.82) is 5.26 Å². The molecular weight excluding hydrogens is 412 g/mol. The molecule has 1 N–H and O–H groups in total. The zero-order chi connectivity index (χ0) is 20.0. The summed E-state index contributed by atoms with van der Waals surface area (Å²) in [4.78, 5) is 25.7. The van der Waals surface area contributed by atoms with Gasteiger partial charge in [-0.15, -0.1) is 0 Å². The number of benzene rings is 1. The number of pyridine rings is 1. The summed E-state index contributed by atoms with van der Waals surface area (Å²) in [7, 11) is 0. The molecule has 0 aliphatic rings. The van der Waals surface area contributed by atoms with Crippen molar-refractivity contribution in [3.8, 4) is 11.9 Å². The van der Waals surface area contributed by atoms with Gasteiger partial charge < -0.3 is 9.52 Å². The number of furan rings is 1. The first kappa shape index (κ1) is 18.9. The van der Waals surface area contributed by atoms with Crippen LogP contribution in [-0.2, 0) is 0 Å².